The van der Waals surface area contributed by atoms with Gasteiger partial charge < -0.3 is 53.4 Å². The molecule has 10 rings (SSSR count). The topological polar surface area (TPSA) is 203 Å². The molecule has 0 radical (unpaired) electrons. The van der Waals surface area contributed by atoms with Gasteiger partial charge in [-0.05, 0) is 43.5 Å². The Morgan fingerprint density at radius 2 is 1.55 bits per heavy atom. The number of phenols is 2. The molecule has 1 amide bonds. The third-order valence-electron chi connectivity index (χ3n) is 14.7. The number of hydrogen-bond acceptors (Lipinski definition) is 16. The summed E-state index contributed by atoms with van der Waals surface area (Å²) < 4.78 is 42.3. The van der Waals surface area contributed by atoms with Gasteiger partial charge in [-0.2, -0.15) is 0 Å². The lowest BCUT2D eigenvalue weighted by atomic mass is 9.71. The molecule has 4 aromatic rings. The molecule has 17 nitrogen and oxygen atoms in total. The van der Waals surface area contributed by atoms with Crippen LogP contribution in [0.4, 0.5) is 4.79 Å². The van der Waals surface area contributed by atoms with Gasteiger partial charge in [-0.25, -0.2) is 4.79 Å². The molecule has 8 atom stereocenters. The summed E-state index contributed by atoms with van der Waals surface area (Å²) in [5.41, 5.74) is -1.26. The number of piperazine rings is 1. The third-order valence-corrected chi connectivity index (χ3v) is 14.7. The van der Waals surface area contributed by atoms with Crippen LogP contribution in [-0.2, 0) is 45.2 Å². The number of carbonyl (C=O) groups is 4. The maximum atomic E-state index is 14.6. The summed E-state index contributed by atoms with van der Waals surface area (Å²) in [4.78, 5) is 62.2. The molecule has 0 spiro atoms. The van der Waals surface area contributed by atoms with Gasteiger partial charge in [0.1, 0.15) is 34.6 Å². The molecule has 2 aliphatic carbocycles. The molecule has 0 unspecified atom stereocenters. The van der Waals surface area contributed by atoms with E-state index in [1.807, 2.05) is 80.3 Å². The minimum absolute atomic E-state index is 0.0319. The summed E-state index contributed by atoms with van der Waals surface area (Å²) in [5.74, 6) is -3.22. The molecule has 6 aliphatic rings. The number of fused-ring (bicyclic) bond motifs is 6. The molecule has 0 saturated carbocycles. The van der Waals surface area contributed by atoms with Crippen LogP contribution in [0.1, 0.15) is 88.3 Å². The van der Waals surface area contributed by atoms with E-state index in [9.17, 15) is 34.5 Å². The van der Waals surface area contributed by atoms with Crippen molar-refractivity contribution in [1.29, 1.82) is 0 Å². The number of methoxy groups -OCH3 is 2. The van der Waals surface area contributed by atoms with Crippen molar-refractivity contribution >= 4 is 23.4 Å². The Morgan fingerprint density at radius 1 is 0.841 bits per heavy atom. The zero-order chi connectivity index (χ0) is 48.5. The number of Topliss-reactive ketones (excluding diaryl/α,β-unsaturated/α-hetero) is 1. The molecule has 69 heavy (non-hydrogen) atoms. The van der Waals surface area contributed by atoms with Crippen LogP contribution < -0.4 is 4.74 Å². The number of morpholine rings is 1. The van der Waals surface area contributed by atoms with E-state index in [4.69, 9.17) is 33.2 Å². The molecule has 4 aromatic carbocycles. The maximum absolute atomic E-state index is 14.6. The van der Waals surface area contributed by atoms with Gasteiger partial charge in [0.15, 0.2) is 30.4 Å². The fourth-order valence-corrected chi connectivity index (χ4v) is 11.0. The smallest absolute Gasteiger partial charge is 0.410 e. The number of ketones is 3. The molecular weight excluding hydrogens is 891 g/mol. The van der Waals surface area contributed by atoms with E-state index < -0.39 is 94.7 Å². The number of hydrogen-bond donors (Lipinski definition) is 3. The molecule has 4 aliphatic heterocycles. The number of nitrogens with zero attached hydrogens (tertiary/aromatic N) is 3. The summed E-state index contributed by atoms with van der Waals surface area (Å²) in [7, 11) is 2.91. The Hall–Kier alpha value is -5.76. The SMILES string of the molecule is COc1cccc2c1C(=O)c1c(O)c3c(c(O)c1C2=O)C[C@@](O)(C(=O)CN1CCN(C(=O)OC(C)(C)c2ccc(-c4ccccc4)cc2)CC1)C[C@@H]3O[C@H]1C[C@H]2[C@H](O[C@@H]3[C@@H](OC)OCCN32)[C@H](C)O1. The summed E-state index contributed by atoms with van der Waals surface area (Å²) in [6, 6.07) is 22.2. The zero-order valence-corrected chi connectivity index (χ0v) is 39.2. The van der Waals surface area contributed by atoms with E-state index >= 15 is 0 Å². The molecule has 364 valence electrons. The number of aromatic hydroxyl groups is 2. The lowest BCUT2D eigenvalue weighted by Crippen LogP contribution is -2.56. The second kappa shape index (κ2) is 18.2. The second-order valence-electron chi connectivity index (χ2n) is 19.2. The summed E-state index contributed by atoms with van der Waals surface area (Å²) in [6.45, 7) is 7.38. The van der Waals surface area contributed by atoms with Crippen molar-refractivity contribution in [3.05, 3.63) is 112 Å². The quantitative estimate of drug-likeness (QED) is 0.156. The minimum Gasteiger partial charge on any atom is -0.507 e. The van der Waals surface area contributed by atoms with Crippen LogP contribution in [0.25, 0.3) is 11.1 Å². The van der Waals surface area contributed by atoms with E-state index in [1.165, 1.54) is 19.2 Å². The van der Waals surface area contributed by atoms with Crippen molar-refractivity contribution in [1.82, 2.24) is 14.7 Å². The second-order valence-corrected chi connectivity index (χ2v) is 19.2. The van der Waals surface area contributed by atoms with E-state index in [0.717, 1.165) is 16.7 Å². The van der Waals surface area contributed by atoms with Gasteiger partial charge in [0, 0.05) is 81.8 Å². The molecule has 4 heterocycles. The van der Waals surface area contributed by atoms with Crippen molar-refractivity contribution in [2.75, 3.05) is 60.1 Å². The van der Waals surface area contributed by atoms with Gasteiger partial charge in [0.05, 0.1) is 49.2 Å². The van der Waals surface area contributed by atoms with Gasteiger partial charge in [0.25, 0.3) is 0 Å². The van der Waals surface area contributed by atoms with Crippen LogP contribution in [0.2, 0.25) is 0 Å². The largest absolute Gasteiger partial charge is 0.507 e. The first kappa shape index (κ1) is 46.9. The molecule has 4 saturated heterocycles. The molecule has 0 bridgehead atoms. The number of aliphatic hydroxyl groups is 1. The number of rotatable bonds is 10. The van der Waals surface area contributed by atoms with Crippen LogP contribution in [0.15, 0.2) is 72.8 Å². The van der Waals surface area contributed by atoms with E-state index in [1.54, 1.807) is 18.1 Å². The van der Waals surface area contributed by atoms with Crippen molar-refractivity contribution in [3.8, 4) is 28.4 Å². The predicted octanol–water partition coefficient (Wildman–Crippen LogP) is 5.08. The molecule has 3 N–H and O–H groups in total. The summed E-state index contributed by atoms with van der Waals surface area (Å²) in [6.07, 6.45) is -5.33. The normalized spacial score (nSPS) is 28.0. The van der Waals surface area contributed by atoms with Crippen molar-refractivity contribution < 1.29 is 67.7 Å². The van der Waals surface area contributed by atoms with Crippen molar-refractivity contribution in [3.63, 3.8) is 0 Å². The van der Waals surface area contributed by atoms with Crippen molar-refractivity contribution in [2.24, 2.45) is 0 Å². The minimum atomic E-state index is -2.19. The molecule has 0 aromatic heterocycles. The highest BCUT2D eigenvalue weighted by molar-refractivity contribution is 6.31. The fourth-order valence-electron chi connectivity index (χ4n) is 11.0. The highest BCUT2D eigenvalue weighted by Crippen LogP contribution is 2.53. The summed E-state index contributed by atoms with van der Waals surface area (Å²) >= 11 is 0. The zero-order valence-electron chi connectivity index (χ0n) is 39.2. The first-order chi connectivity index (χ1) is 33.1. The predicted molar refractivity (Wildman–Crippen MR) is 246 cm³/mol. The van der Waals surface area contributed by atoms with Crippen LogP contribution in [-0.4, -0.2) is 156 Å². The number of ether oxygens (including phenoxy) is 7. The Kier molecular flexibility index (Phi) is 12.4. The number of phenolic OH excluding ortho intramolecular Hbond substituents is 2. The third kappa shape index (κ3) is 8.27. The fraction of sp³-hybridized carbons (Fsp3) is 0.462. The highest BCUT2D eigenvalue weighted by Gasteiger charge is 2.55. The monoisotopic (exact) mass is 947 g/mol. The van der Waals surface area contributed by atoms with Crippen molar-refractivity contribution in [2.45, 2.75) is 94.4 Å². The number of amides is 1. The summed E-state index contributed by atoms with van der Waals surface area (Å²) in [5, 5.41) is 36.9. The van der Waals surface area contributed by atoms with Crippen LogP contribution in [0.5, 0.6) is 17.2 Å². The Bertz CT molecular complexity index is 2670. The lowest BCUT2D eigenvalue weighted by Gasteiger charge is -2.44. The van der Waals surface area contributed by atoms with Gasteiger partial charge in [0.2, 0.25) is 5.78 Å². The Labute approximate surface area is 399 Å². The molecular formula is C52H57N3O14. The first-order valence-corrected chi connectivity index (χ1v) is 23.5. The van der Waals surface area contributed by atoms with Crippen LogP contribution in [0, 0.1) is 0 Å². The highest BCUT2D eigenvalue weighted by atomic mass is 16.7. The van der Waals surface area contributed by atoms with E-state index in [2.05, 4.69) is 4.90 Å². The first-order valence-electron chi connectivity index (χ1n) is 23.5. The Morgan fingerprint density at radius 3 is 2.26 bits per heavy atom. The average Bonchev–Trinajstić information content (AvgIpc) is 3.73. The standard InChI is InChI=1S/C52H57N3O14/c1-28-47-34(55-22-23-65-49(64-5)48(55)68-47)24-38(66-28)67-36-26-52(62,25-33-40(36)46(60)42-41(44(33)58)43(57)32-12-9-13-35(63-4)39(32)45(42)59)37(56)27-53-18-20-54(21-19-53)50(61)69-51(2,3)31-16-14-30(15-17-31)29-10-7-6-8-11-29/h6-17,28,34,36,38,47-49,58,60,62H,18-27H2,1-5H3/t28-,34-,36-,38-,47+,48+,49-,52-/m0/s1. The lowest BCUT2D eigenvalue weighted by molar-refractivity contribution is -0.256. The number of carbonyl (C=O) groups excluding carboxylic acids is 4. The van der Waals surface area contributed by atoms with E-state index in [0.29, 0.717) is 26.2 Å². The van der Waals surface area contributed by atoms with Crippen LogP contribution in [0.3, 0.4) is 0 Å². The van der Waals surface area contributed by atoms with Gasteiger partial charge in [-0.3, -0.25) is 24.2 Å². The van der Waals surface area contributed by atoms with E-state index in [-0.39, 0.29) is 72.6 Å². The van der Waals surface area contributed by atoms with Gasteiger partial charge in [-0.15, -0.1) is 0 Å². The van der Waals surface area contributed by atoms with Crippen LogP contribution >= 0.6 is 0 Å². The molecule has 17 heteroatoms. The maximum Gasteiger partial charge on any atom is 0.410 e. The number of benzene rings is 4. The van der Waals surface area contributed by atoms with Gasteiger partial charge in [-0.1, -0.05) is 66.7 Å². The average molecular weight is 948 g/mol. The van der Waals surface area contributed by atoms with Gasteiger partial charge >= 0.3 is 6.09 Å². The Balaban J connectivity index is 0.883. The molecule has 4 fully saturated rings.